The second-order valence-electron chi connectivity index (χ2n) is 8.53. The van der Waals surface area contributed by atoms with Gasteiger partial charge in [0, 0.05) is 17.1 Å². The lowest BCUT2D eigenvalue weighted by Crippen LogP contribution is -2.45. The van der Waals surface area contributed by atoms with Gasteiger partial charge in [-0.1, -0.05) is 30.9 Å². The molecule has 1 aromatic rings. The normalized spacial score (nSPS) is 19.0. The van der Waals surface area contributed by atoms with E-state index in [1.807, 2.05) is 6.92 Å². The van der Waals surface area contributed by atoms with Crippen molar-refractivity contribution in [3.63, 3.8) is 0 Å². The minimum absolute atomic E-state index is 0.0319. The average Bonchev–Trinajstić information content (AvgIpc) is 3.57. The van der Waals surface area contributed by atoms with E-state index in [4.69, 9.17) is 21.1 Å². The van der Waals surface area contributed by atoms with Crippen LogP contribution in [0.1, 0.15) is 58.3 Å². The van der Waals surface area contributed by atoms with Crippen LogP contribution in [0.4, 0.5) is 0 Å². The molecule has 2 aliphatic carbocycles. The fourth-order valence-electron chi connectivity index (χ4n) is 3.98. The van der Waals surface area contributed by atoms with E-state index < -0.39 is 0 Å². The van der Waals surface area contributed by atoms with Crippen LogP contribution < -0.4 is 15.4 Å². The number of nitrogens with one attached hydrogen (secondary N) is 2. The van der Waals surface area contributed by atoms with E-state index in [1.165, 1.54) is 19.3 Å². The third kappa shape index (κ3) is 8.15. The van der Waals surface area contributed by atoms with Crippen LogP contribution in [-0.2, 0) is 14.3 Å². The van der Waals surface area contributed by atoms with Gasteiger partial charge >= 0.3 is 0 Å². The molecule has 2 aliphatic rings. The van der Waals surface area contributed by atoms with Crippen LogP contribution >= 0.6 is 11.6 Å². The maximum atomic E-state index is 12.3. The molecule has 30 heavy (non-hydrogen) atoms. The Labute approximate surface area is 184 Å². The monoisotopic (exact) mass is 436 g/mol. The fourth-order valence-corrected chi connectivity index (χ4v) is 4.10. The van der Waals surface area contributed by atoms with Gasteiger partial charge in [0.25, 0.3) is 5.91 Å². The number of ether oxygens (including phenoxy) is 2. The van der Waals surface area contributed by atoms with Crippen LogP contribution in [0, 0.1) is 5.92 Å². The van der Waals surface area contributed by atoms with Gasteiger partial charge in [0.15, 0.2) is 6.61 Å². The molecule has 2 N–H and O–H groups in total. The van der Waals surface area contributed by atoms with Gasteiger partial charge in [-0.05, 0) is 69.2 Å². The van der Waals surface area contributed by atoms with E-state index in [0.717, 1.165) is 25.7 Å². The molecule has 6 nitrogen and oxygen atoms in total. The lowest BCUT2D eigenvalue weighted by molar-refractivity contribution is -0.129. The van der Waals surface area contributed by atoms with Crippen molar-refractivity contribution in [1.82, 2.24) is 10.6 Å². The van der Waals surface area contributed by atoms with Crippen LogP contribution in [0.25, 0.3) is 0 Å². The average molecular weight is 437 g/mol. The second-order valence-corrected chi connectivity index (χ2v) is 8.97. The number of hydrogen-bond donors (Lipinski definition) is 2. The van der Waals surface area contributed by atoms with Crippen molar-refractivity contribution < 1.29 is 19.1 Å². The predicted molar refractivity (Wildman–Crippen MR) is 117 cm³/mol. The maximum Gasteiger partial charge on any atom is 0.258 e. The molecule has 2 unspecified atom stereocenters. The van der Waals surface area contributed by atoms with Crippen molar-refractivity contribution in [3.8, 4) is 5.75 Å². The number of hydrogen-bond acceptors (Lipinski definition) is 4. The van der Waals surface area contributed by atoms with Crippen LogP contribution in [-0.4, -0.2) is 43.2 Å². The summed E-state index contributed by atoms with van der Waals surface area (Å²) in [4.78, 5) is 24.6. The van der Waals surface area contributed by atoms with E-state index >= 15 is 0 Å². The Bertz CT molecular complexity index is 687. The third-order valence-corrected chi connectivity index (χ3v) is 5.99. The zero-order valence-electron chi connectivity index (χ0n) is 17.7. The summed E-state index contributed by atoms with van der Waals surface area (Å²) in [7, 11) is 0. The molecule has 1 aromatic carbocycles. The Morgan fingerprint density at radius 1 is 1.00 bits per heavy atom. The molecule has 3 rings (SSSR count). The first-order valence-corrected chi connectivity index (χ1v) is 11.5. The van der Waals surface area contributed by atoms with Gasteiger partial charge in [0.2, 0.25) is 5.91 Å². The van der Waals surface area contributed by atoms with Gasteiger partial charge in [0.1, 0.15) is 12.4 Å². The van der Waals surface area contributed by atoms with E-state index in [9.17, 15) is 9.59 Å². The molecule has 0 radical (unpaired) electrons. The first kappa shape index (κ1) is 22.9. The lowest BCUT2D eigenvalue weighted by Gasteiger charge is -2.24. The molecule has 0 aromatic heterocycles. The molecule has 2 atom stereocenters. The molecule has 0 aliphatic heterocycles. The summed E-state index contributed by atoms with van der Waals surface area (Å²) in [6, 6.07) is 6.94. The summed E-state index contributed by atoms with van der Waals surface area (Å²) in [6.45, 7) is 2.05. The fraction of sp³-hybridized carbons (Fsp3) is 0.652. The zero-order chi connectivity index (χ0) is 21.3. The molecular weight excluding hydrogens is 404 g/mol. The molecule has 0 saturated heterocycles. The summed E-state index contributed by atoms with van der Waals surface area (Å²) >= 11 is 5.86. The molecule has 0 heterocycles. The number of halogens is 1. The Balaban J connectivity index is 1.37. The predicted octanol–water partition coefficient (Wildman–Crippen LogP) is 3.86. The topological polar surface area (TPSA) is 76.7 Å². The Morgan fingerprint density at radius 2 is 1.67 bits per heavy atom. The van der Waals surface area contributed by atoms with Crippen molar-refractivity contribution in [2.75, 3.05) is 13.2 Å². The number of rotatable bonds is 11. The molecule has 7 heteroatoms. The largest absolute Gasteiger partial charge is 0.484 e. The summed E-state index contributed by atoms with van der Waals surface area (Å²) in [6.07, 6.45) is 8.88. The number of carbonyl (C=O) groups is 2. The quantitative estimate of drug-likeness (QED) is 0.552. The van der Waals surface area contributed by atoms with Gasteiger partial charge in [-0.3, -0.25) is 9.59 Å². The number of carbonyl (C=O) groups excluding carboxylic acids is 2. The van der Waals surface area contributed by atoms with Crippen molar-refractivity contribution in [3.05, 3.63) is 29.3 Å². The minimum atomic E-state index is -0.152. The highest BCUT2D eigenvalue weighted by Gasteiger charge is 2.33. The first-order chi connectivity index (χ1) is 14.5. The van der Waals surface area contributed by atoms with Gasteiger partial charge in [-0.2, -0.15) is 0 Å². The summed E-state index contributed by atoms with van der Waals surface area (Å²) in [5.74, 6) is 0.847. The smallest absolute Gasteiger partial charge is 0.258 e. The summed E-state index contributed by atoms with van der Waals surface area (Å²) in [5, 5.41) is 6.71. The molecule has 2 amide bonds. The highest BCUT2D eigenvalue weighted by molar-refractivity contribution is 6.30. The van der Waals surface area contributed by atoms with Crippen LogP contribution in [0.2, 0.25) is 5.02 Å². The van der Waals surface area contributed by atoms with E-state index in [-0.39, 0.29) is 43.2 Å². The zero-order valence-corrected chi connectivity index (χ0v) is 18.5. The van der Waals surface area contributed by atoms with Crippen LogP contribution in [0.3, 0.4) is 0 Å². The highest BCUT2D eigenvalue weighted by atomic mass is 35.5. The van der Waals surface area contributed by atoms with Crippen molar-refractivity contribution in [1.29, 1.82) is 0 Å². The highest BCUT2D eigenvalue weighted by Crippen LogP contribution is 2.34. The van der Waals surface area contributed by atoms with E-state index in [0.29, 0.717) is 23.1 Å². The minimum Gasteiger partial charge on any atom is -0.484 e. The van der Waals surface area contributed by atoms with E-state index in [2.05, 4.69) is 10.6 Å². The molecule has 2 saturated carbocycles. The van der Waals surface area contributed by atoms with Gasteiger partial charge in [-0.15, -0.1) is 0 Å². The van der Waals surface area contributed by atoms with Crippen molar-refractivity contribution >= 4 is 23.4 Å². The molecule has 166 valence electrons. The molecule has 0 bridgehead atoms. The third-order valence-electron chi connectivity index (χ3n) is 5.74. The van der Waals surface area contributed by atoms with Crippen molar-refractivity contribution in [2.45, 2.75) is 76.5 Å². The van der Waals surface area contributed by atoms with Gasteiger partial charge < -0.3 is 20.1 Å². The number of benzene rings is 1. The summed E-state index contributed by atoms with van der Waals surface area (Å²) in [5.41, 5.74) is 0. The Morgan fingerprint density at radius 3 is 2.33 bits per heavy atom. The van der Waals surface area contributed by atoms with Gasteiger partial charge in [-0.25, -0.2) is 0 Å². The summed E-state index contributed by atoms with van der Waals surface area (Å²) < 4.78 is 11.3. The molecule has 2 fully saturated rings. The maximum absolute atomic E-state index is 12.3. The van der Waals surface area contributed by atoms with Crippen molar-refractivity contribution in [2.24, 2.45) is 5.92 Å². The van der Waals surface area contributed by atoms with E-state index in [1.54, 1.807) is 24.3 Å². The van der Waals surface area contributed by atoms with Gasteiger partial charge in [0.05, 0.1) is 6.10 Å². The Hall–Kier alpha value is -1.79. The lowest BCUT2D eigenvalue weighted by atomic mass is 9.98. The second kappa shape index (κ2) is 11.6. The first-order valence-electron chi connectivity index (χ1n) is 11.1. The number of amides is 2. The Kier molecular flexibility index (Phi) is 8.82. The molecular formula is C23H33ClN2O4. The standard InChI is InChI=1S/C23H33ClN2O4/c1-16(25-22(27)14-29-19-5-3-2-4-6-19)13-21(17-7-8-17)26-23(28)15-30-20-11-9-18(24)10-12-20/h9-12,16-17,19,21H,2-8,13-15H2,1H3,(H,25,27)(H,26,28). The van der Waals surface area contributed by atoms with Crippen LogP contribution in [0.15, 0.2) is 24.3 Å². The SMILES string of the molecule is CC(CC(NC(=O)COc1ccc(Cl)cc1)C1CC1)NC(=O)COC1CCCCC1. The van der Waals surface area contributed by atoms with Crippen LogP contribution in [0.5, 0.6) is 5.75 Å². The molecule has 0 spiro atoms.